The molecule has 2 fully saturated rings. The fourth-order valence-electron chi connectivity index (χ4n) is 4.58. The van der Waals surface area contributed by atoms with E-state index in [0.29, 0.717) is 5.56 Å². The first kappa shape index (κ1) is 27.5. The second-order valence-electron chi connectivity index (χ2n) is 9.90. The summed E-state index contributed by atoms with van der Waals surface area (Å²) in [5, 5.41) is 30.2. The summed E-state index contributed by atoms with van der Waals surface area (Å²) in [5.41, 5.74) is 1.33. The number of benzene rings is 1. The van der Waals surface area contributed by atoms with Crippen LogP contribution in [0.25, 0.3) is 0 Å². The third-order valence-electron chi connectivity index (χ3n) is 7.05. The number of pyridine rings is 1. The molecular formula is C27H34N4O7. The zero-order valence-electron chi connectivity index (χ0n) is 21.4. The largest absolute Gasteiger partial charge is 0.508 e. The second-order valence-corrected chi connectivity index (χ2v) is 9.90. The SMILES string of the molecule is C[C@H]1NC(=O)C(C2COC2)OC(=O)[C@H](C)[C@H](O)[C@H](Cc2cccnc2)NC(=O)[C@H]1NCc1ccccc1O. The van der Waals surface area contributed by atoms with E-state index in [1.165, 1.54) is 6.92 Å². The van der Waals surface area contributed by atoms with Crippen LogP contribution in [0.1, 0.15) is 25.0 Å². The average Bonchev–Trinajstić information content (AvgIpc) is 2.87. The van der Waals surface area contributed by atoms with Gasteiger partial charge in [0, 0.05) is 24.5 Å². The summed E-state index contributed by atoms with van der Waals surface area (Å²) in [6.07, 6.45) is 1.03. The molecule has 2 saturated heterocycles. The van der Waals surface area contributed by atoms with Gasteiger partial charge in [-0.15, -0.1) is 0 Å². The highest BCUT2D eigenvalue weighted by atomic mass is 16.6. The number of hydrogen-bond acceptors (Lipinski definition) is 9. The van der Waals surface area contributed by atoms with E-state index in [0.717, 1.165) is 5.56 Å². The number of carbonyl (C=O) groups is 3. The molecule has 6 atom stereocenters. The fourth-order valence-corrected chi connectivity index (χ4v) is 4.58. The van der Waals surface area contributed by atoms with E-state index in [1.54, 1.807) is 49.6 Å². The fraction of sp³-hybridized carbons (Fsp3) is 0.481. The first-order valence-electron chi connectivity index (χ1n) is 12.7. The Labute approximate surface area is 220 Å². The third kappa shape index (κ3) is 6.47. The first-order valence-corrected chi connectivity index (χ1v) is 12.7. The molecular weight excluding hydrogens is 492 g/mol. The van der Waals surface area contributed by atoms with Crippen LogP contribution in [0.2, 0.25) is 0 Å². The molecule has 1 unspecified atom stereocenters. The number of nitrogens with one attached hydrogen (secondary N) is 3. The van der Waals surface area contributed by atoms with E-state index >= 15 is 0 Å². The highest BCUT2D eigenvalue weighted by molar-refractivity contribution is 5.88. The van der Waals surface area contributed by atoms with Crippen molar-refractivity contribution in [2.45, 2.75) is 57.1 Å². The van der Waals surface area contributed by atoms with Crippen molar-refractivity contribution < 1.29 is 34.1 Å². The van der Waals surface area contributed by atoms with Gasteiger partial charge < -0.3 is 30.3 Å². The molecule has 0 aliphatic carbocycles. The number of aliphatic hydroxyl groups excluding tert-OH is 1. The maximum atomic E-state index is 13.6. The summed E-state index contributed by atoms with van der Waals surface area (Å²) in [7, 11) is 0. The van der Waals surface area contributed by atoms with Gasteiger partial charge in [0.15, 0.2) is 6.10 Å². The Hall–Kier alpha value is -3.54. The quantitative estimate of drug-likeness (QED) is 0.328. The van der Waals surface area contributed by atoms with Gasteiger partial charge in [0.05, 0.1) is 43.2 Å². The molecule has 1 aromatic heterocycles. The molecule has 11 heteroatoms. The molecule has 204 valence electrons. The summed E-state index contributed by atoms with van der Waals surface area (Å²) in [6.45, 7) is 3.83. The van der Waals surface area contributed by atoms with Crippen LogP contribution in [0.4, 0.5) is 0 Å². The van der Waals surface area contributed by atoms with E-state index in [9.17, 15) is 24.6 Å². The van der Waals surface area contributed by atoms with E-state index < -0.39 is 54.0 Å². The number of para-hydroxylation sites is 1. The highest BCUT2D eigenvalue weighted by Crippen LogP contribution is 2.23. The van der Waals surface area contributed by atoms with Crippen molar-refractivity contribution in [3.63, 3.8) is 0 Å². The van der Waals surface area contributed by atoms with Gasteiger partial charge in [0.1, 0.15) is 11.8 Å². The van der Waals surface area contributed by atoms with Crippen molar-refractivity contribution in [1.82, 2.24) is 20.9 Å². The maximum Gasteiger partial charge on any atom is 0.312 e. The van der Waals surface area contributed by atoms with Gasteiger partial charge in [-0.1, -0.05) is 24.3 Å². The molecule has 0 bridgehead atoms. The zero-order valence-corrected chi connectivity index (χ0v) is 21.4. The molecule has 1 aromatic carbocycles. The number of cyclic esters (lactones) is 1. The van der Waals surface area contributed by atoms with Gasteiger partial charge >= 0.3 is 5.97 Å². The number of phenolic OH excluding ortho intramolecular Hbond substituents is 1. The number of ether oxygens (including phenoxy) is 2. The van der Waals surface area contributed by atoms with Crippen molar-refractivity contribution in [2.75, 3.05) is 13.2 Å². The number of aliphatic hydroxyl groups is 1. The number of nitrogens with zero attached hydrogens (tertiary/aromatic N) is 1. The molecule has 11 nitrogen and oxygen atoms in total. The van der Waals surface area contributed by atoms with Crippen molar-refractivity contribution in [1.29, 1.82) is 0 Å². The van der Waals surface area contributed by atoms with Gasteiger partial charge in [0.2, 0.25) is 5.91 Å². The van der Waals surface area contributed by atoms with Crippen molar-refractivity contribution >= 4 is 17.8 Å². The summed E-state index contributed by atoms with van der Waals surface area (Å²) in [5.74, 6) is -3.05. The number of phenols is 1. The standard InChI is InChI=1S/C27H34N4O7/c1-15-23(33)20(10-17-6-5-9-28-11-17)31-25(34)22(29-12-18-7-3-4-8-21(18)32)16(2)30-26(35)24(38-27(15)36)19-13-37-14-19/h3-9,11,15-16,19-20,22-24,29,32-33H,10,12-14H2,1-2H3,(H,30,35)(H,31,34)/t15-,16-,20+,22+,23+,24?/m1/s1. The lowest BCUT2D eigenvalue weighted by Crippen LogP contribution is -2.62. The molecule has 38 heavy (non-hydrogen) atoms. The molecule has 2 amide bonds. The van der Waals surface area contributed by atoms with Crippen LogP contribution in [0.3, 0.4) is 0 Å². The van der Waals surface area contributed by atoms with Crippen LogP contribution >= 0.6 is 0 Å². The summed E-state index contributed by atoms with van der Waals surface area (Å²) in [4.78, 5) is 43.9. The van der Waals surface area contributed by atoms with Gasteiger partial charge in [-0.3, -0.25) is 24.7 Å². The monoisotopic (exact) mass is 526 g/mol. The second kappa shape index (κ2) is 12.3. The Kier molecular flexibility index (Phi) is 8.93. The third-order valence-corrected chi connectivity index (χ3v) is 7.05. The maximum absolute atomic E-state index is 13.6. The minimum atomic E-state index is -1.30. The van der Waals surface area contributed by atoms with Crippen LogP contribution in [0.5, 0.6) is 5.75 Å². The van der Waals surface area contributed by atoms with Crippen LogP contribution in [-0.2, 0) is 36.8 Å². The zero-order chi connectivity index (χ0) is 27.2. The molecule has 3 heterocycles. The summed E-state index contributed by atoms with van der Waals surface area (Å²) >= 11 is 0. The van der Waals surface area contributed by atoms with Gasteiger partial charge in [-0.05, 0) is 38.0 Å². The summed E-state index contributed by atoms with van der Waals surface area (Å²) in [6, 6.07) is 7.77. The number of aromatic nitrogens is 1. The number of hydrogen-bond donors (Lipinski definition) is 5. The number of amides is 2. The van der Waals surface area contributed by atoms with Crippen molar-refractivity contribution in [3.8, 4) is 5.75 Å². The molecule has 5 N–H and O–H groups in total. The van der Waals surface area contributed by atoms with Crippen LogP contribution in [-0.4, -0.2) is 76.5 Å². The number of aromatic hydroxyl groups is 1. The number of rotatable bonds is 6. The van der Waals surface area contributed by atoms with E-state index in [1.807, 2.05) is 6.07 Å². The lowest BCUT2D eigenvalue weighted by atomic mass is 9.92. The minimum absolute atomic E-state index is 0.0703. The average molecular weight is 527 g/mol. The topological polar surface area (TPSA) is 159 Å². The Morgan fingerprint density at radius 3 is 2.47 bits per heavy atom. The van der Waals surface area contributed by atoms with Crippen molar-refractivity contribution in [3.05, 3.63) is 59.9 Å². The Balaban J connectivity index is 1.63. The molecule has 2 aromatic rings. The molecule has 2 aliphatic rings. The molecule has 0 saturated carbocycles. The Morgan fingerprint density at radius 2 is 1.82 bits per heavy atom. The smallest absolute Gasteiger partial charge is 0.312 e. The van der Waals surface area contributed by atoms with Crippen LogP contribution < -0.4 is 16.0 Å². The molecule has 2 aliphatic heterocycles. The molecule has 4 rings (SSSR count). The van der Waals surface area contributed by atoms with Gasteiger partial charge in [0.25, 0.3) is 5.91 Å². The Morgan fingerprint density at radius 1 is 1.05 bits per heavy atom. The van der Waals surface area contributed by atoms with Crippen LogP contribution in [0.15, 0.2) is 48.8 Å². The van der Waals surface area contributed by atoms with Gasteiger partial charge in [-0.2, -0.15) is 0 Å². The lowest BCUT2D eigenvalue weighted by molar-refractivity contribution is -0.178. The molecule has 0 radical (unpaired) electrons. The molecule has 0 spiro atoms. The lowest BCUT2D eigenvalue weighted by Gasteiger charge is -2.37. The van der Waals surface area contributed by atoms with E-state index in [4.69, 9.17) is 9.47 Å². The number of carbonyl (C=O) groups excluding carboxylic acids is 3. The van der Waals surface area contributed by atoms with Crippen molar-refractivity contribution in [2.24, 2.45) is 11.8 Å². The Bertz CT molecular complexity index is 1130. The van der Waals surface area contributed by atoms with E-state index in [2.05, 4.69) is 20.9 Å². The van der Waals surface area contributed by atoms with Gasteiger partial charge in [-0.25, -0.2) is 0 Å². The van der Waals surface area contributed by atoms with Crippen LogP contribution in [0, 0.1) is 11.8 Å². The summed E-state index contributed by atoms with van der Waals surface area (Å²) < 4.78 is 10.8. The normalized spacial score (nSPS) is 29.2. The highest BCUT2D eigenvalue weighted by Gasteiger charge is 2.42. The number of esters is 1. The van der Waals surface area contributed by atoms with E-state index in [-0.39, 0.29) is 37.8 Å². The predicted molar refractivity (Wildman–Crippen MR) is 136 cm³/mol. The first-order chi connectivity index (χ1) is 18.2. The minimum Gasteiger partial charge on any atom is -0.508 e. The predicted octanol–water partition coefficient (Wildman–Crippen LogP) is 0.0464.